The molecule has 2 fully saturated rings. The summed E-state index contributed by atoms with van der Waals surface area (Å²) < 4.78 is 5.54. The van der Waals surface area contributed by atoms with Gasteiger partial charge in [0.15, 0.2) is 0 Å². The van der Waals surface area contributed by atoms with Crippen molar-refractivity contribution in [2.24, 2.45) is 5.92 Å². The first-order valence-electron chi connectivity index (χ1n) is 6.85. The highest BCUT2D eigenvalue weighted by Gasteiger charge is 2.20. The fraction of sp³-hybridized carbons (Fsp3) is 1.00. The Balaban J connectivity index is 1.63. The van der Waals surface area contributed by atoms with Gasteiger partial charge in [-0.3, -0.25) is 0 Å². The van der Waals surface area contributed by atoms with Gasteiger partial charge >= 0.3 is 0 Å². The van der Waals surface area contributed by atoms with Crippen molar-refractivity contribution in [2.75, 3.05) is 39.9 Å². The van der Waals surface area contributed by atoms with Gasteiger partial charge in [-0.25, -0.2) is 0 Å². The van der Waals surface area contributed by atoms with E-state index < -0.39 is 0 Å². The summed E-state index contributed by atoms with van der Waals surface area (Å²) >= 11 is 0. The zero-order valence-electron chi connectivity index (χ0n) is 10.6. The van der Waals surface area contributed by atoms with E-state index in [1.807, 2.05) is 0 Å². The zero-order valence-corrected chi connectivity index (χ0v) is 10.6. The van der Waals surface area contributed by atoms with Crippen LogP contribution in [0, 0.1) is 5.92 Å². The normalized spacial score (nSPS) is 28.5. The largest absolute Gasteiger partial charge is 0.380 e. The van der Waals surface area contributed by atoms with Gasteiger partial charge in [0.2, 0.25) is 0 Å². The highest BCUT2D eigenvalue weighted by molar-refractivity contribution is 4.74. The second-order valence-corrected chi connectivity index (χ2v) is 5.33. The molecule has 0 aliphatic carbocycles. The minimum Gasteiger partial charge on any atom is -0.380 e. The van der Waals surface area contributed by atoms with Crippen LogP contribution in [0.1, 0.15) is 32.1 Å². The van der Waals surface area contributed by atoms with Crippen LogP contribution in [-0.2, 0) is 4.74 Å². The smallest absolute Gasteiger partial charge is 0.0621 e. The second-order valence-electron chi connectivity index (χ2n) is 5.33. The van der Waals surface area contributed by atoms with Gasteiger partial charge in [0, 0.05) is 12.6 Å². The van der Waals surface area contributed by atoms with Crippen LogP contribution in [-0.4, -0.2) is 50.8 Å². The third-order valence-electron chi connectivity index (χ3n) is 4.11. The molecule has 0 bridgehead atoms. The van der Waals surface area contributed by atoms with Crippen molar-refractivity contribution in [1.29, 1.82) is 0 Å². The molecule has 1 N–H and O–H groups in total. The molecule has 3 heteroatoms. The molecule has 2 heterocycles. The van der Waals surface area contributed by atoms with E-state index in [1.54, 1.807) is 0 Å². The van der Waals surface area contributed by atoms with Gasteiger partial charge in [0.05, 0.1) is 6.61 Å². The maximum absolute atomic E-state index is 5.54. The van der Waals surface area contributed by atoms with Crippen molar-refractivity contribution in [2.45, 2.75) is 38.1 Å². The lowest BCUT2D eigenvalue weighted by atomic mass is 9.94. The van der Waals surface area contributed by atoms with Gasteiger partial charge < -0.3 is 15.0 Å². The van der Waals surface area contributed by atoms with Crippen LogP contribution in [0.3, 0.4) is 0 Å². The van der Waals surface area contributed by atoms with E-state index in [4.69, 9.17) is 4.74 Å². The minimum absolute atomic E-state index is 0.676. The van der Waals surface area contributed by atoms with E-state index in [2.05, 4.69) is 17.3 Å². The molecular formula is C13H26N2O. The van der Waals surface area contributed by atoms with Crippen LogP contribution in [0.25, 0.3) is 0 Å². The fourth-order valence-corrected chi connectivity index (χ4v) is 2.81. The first-order chi connectivity index (χ1) is 7.86. The Labute approximate surface area is 99.5 Å². The Bertz CT molecular complexity index is 186. The van der Waals surface area contributed by atoms with Crippen LogP contribution in [0.15, 0.2) is 0 Å². The number of hydrogen-bond acceptors (Lipinski definition) is 3. The molecule has 0 saturated carbocycles. The summed E-state index contributed by atoms with van der Waals surface area (Å²) in [5.41, 5.74) is 0. The maximum atomic E-state index is 5.54. The van der Waals surface area contributed by atoms with E-state index >= 15 is 0 Å². The molecule has 16 heavy (non-hydrogen) atoms. The standard InChI is InChI=1S/C13H26N2O/c1-15(13-3-2-10-16-11-13)9-6-12-4-7-14-8-5-12/h12-14H,2-11H2,1H3. The molecule has 0 aromatic rings. The molecular weight excluding hydrogens is 200 g/mol. The van der Waals surface area contributed by atoms with Crippen LogP contribution in [0.5, 0.6) is 0 Å². The average Bonchev–Trinajstić information content (AvgIpc) is 2.38. The third-order valence-corrected chi connectivity index (χ3v) is 4.11. The van der Waals surface area contributed by atoms with Gasteiger partial charge in [0.1, 0.15) is 0 Å². The lowest BCUT2D eigenvalue weighted by Gasteiger charge is -2.32. The van der Waals surface area contributed by atoms with Gasteiger partial charge in [-0.1, -0.05) is 0 Å². The van der Waals surface area contributed by atoms with Gasteiger partial charge in [-0.05, 0) is 64.7 Å². The number of ether oxygens (including phenoxy) is 1. The molecule has 0 aromatic carbocycles. The summed E-state index contributed by atoms with van der Waals surface area (Å²) in [6.45, 7) is 5.61. The van der Waals surface area contributed by atoms with Crippen molar-refractivity contribution in [3.63, 3.8) is 0 Å². The van der Waals surface area contributed by atoms with Crippen molar-refractivity contribution in [3.05, 3.63) is 0 Å². The van der Waals surface area contributed by atoms with E-state index in [1.165, 1.54) is 51.7 Å². The molecule has 2 saturated heterocycles. The van der Waals surface area contributed by atoms with Crippen molar-refractivity contribution in [3.8, 4) is 0 Å². The van der Waals surface area contributed by atoms with Gasteiger partial charge in [0.25, 0.3) is 0 Å². The molecule has 2 aliphatic heterocycles. The Hall–Kier alpha value is -0.120. The van der Waals surface area contributed by atoms with E-state index in [0.717, 1.165) is 19.1 Å². The third kappa shape index (κ3) is 3.72. The number of rotatable bonds is 4. The summed E-state index contributed by atoms with van der Waals surface area (Å²) in [6, 6.07) is 0.676. The maximum Gasteiger partial charge on any atom is 0.0621 e. The Morgan fingerprint density at radius 2 is 2.06 bits per heavy atom. The van der Waals surface area contributed by atoms with Crippen molar-refractivity contribution in [1.82, 2.24) is 10.2 Å². The summed E-state index contributed by atoms with van der Waals surface area (Å²) in [6.07, 6.45) is 6.67. The minimum atomic E-state index is 0.676. The Morgan fingerprint density at radius 3 is 2.75 bits per heavy atom. The number of likely N-dealkylation sites (N-methyl/N-ethyl adjacent to an activating group) is 1. The predicted molar refractivity (Wildman–Crippen MR) is 66.7 cm³/mol. The summed E-state index contributed by atoms with van der Waals surface area (Å²) in [5, 5.41) is 3.43. The summed E-state index contributed by atoms with van der Waals surface area (Å²) in [5.74, 6) is 0.952. The molecule has 3 nitrogen and oxygen atoms in total. The molecule has 1 unspecified atom stereocenters. The Kier molecular flexibility index (Phi) is 5.07. The first kappa shape index (κ1) is 12.3. The molecule has 1 atom stereocenters. The highest BCUT2D eigenvalue weighted by Crippen LogP contribution is 2.18. The Morgan fingerprint density at radius 1 is 1.25 bits per heavy atom. The van der Waals surface area contributed by atoms with E-state index in [-0.39, 0.29) is 0 Å². The van der Waals surface area contributed by atoms with Gasteiger partial charge in [-0.2, -0.15) is 0 Å². The molecule has 0 aromatic heterocycles. The molecule has 2 aliphatic rings. The van der Waals surface area contributed by atoms with Crippen molar-refractivity contribution >= 4 is 0 Å². The zero-order chi connectivity index (χ0) is 11.2. The van der Waals surface area contributed by atoms with Crippen molar-refractivity contribution < 1.29 is 4.74 Å². The molecule has 2 rings (SSSR count). The quantitative estimate of drug-likeness (QED) is 0.786. The molecule has 0 amide bonds. The lowest BCUT2D eigenvalue weighted by molar-refractivity contribution is 0.0255. The lowest BCUT2D eigenvalue weighted by Crippen LogP contribution is -2.40. The highest BCUT2D eigenvalue weighted by atomic mass is 16.5. The SMILES string of the molecule is CN(CCC1CCNCC1)C1CCCOC1. The molecule has 94 valence electrons. The number of nitrogens with one attached hydrogen (secondary N) is 1. The van der Waals surface area contributed by atoms with Crippen LogP contribution < -0.4 is 5.32 Å². The van der Waals surface area contributed by atoms with E-state index in [0.29, 0.717) is 6.04 Å². The number of piperidine rings is 1. The van der Waals surface area contributed by atoms with Gasteiger partial charge in [-0.15, -0.1) is 0 Å². The molecule has 0 radical (unpaired) electrons. The van der Waals surface area contributed by atoms with Crippen LogP contribution in [0.4, 0.5) is 0 Å². The number of nitrogens with zero attached hydrogens (tertiary/aromatic N) is 1. The monoisotopic (exact) mass is 226 g/mol. The summed E-state index contributed by atoms with van der Waals surface area (Å²) in [4.78, 5) is 2.52. The second kappa shape index (κ2) is 6.58. The average molecular weight is 226 g/mol. The predicted octanol–water partition coefficient (Wildman–Crippen LogP) is 1.49. The van der Waals surface area contributed by atoms with Crippen LogP contribution in [0.2, 0.25) is 0 Å². The molecule has 0 spiro atoms. The first-order valence-corrected chi connectivity index (χ1v) is 6.85. The fourth-order valence-electron chi connectivity index (χ4n) is 2.81. The van der Waals surface area contributed by atoms with Crippen LogP contribution >= 0.6 is 0 Å². The summed E-state index contributed by atoms with van der Waals surface area (Å²) in [7, 11) is 2.26. The van der Waals surface area contributed by atoms with E-state index in [9.17, 15) is 0 Å². The number of hydrogen-bond donors (Lipinski definition) is 1. The topological polar surface area (TPSA) is 24.5 Å².